The molecule has 0 aliphatic rings. The molecule has 0 saturated heterocycles. The summed E-state index contributed by atoms with van der Waals surface area (Å²) in [7, 11) is -3.99. The van der Waals surface area contributed by atoms with Crippen LogP contribution in [-0.4, -0.2) is 19.3 Å². The van der Waals surface area contributed by atoms with Gasteiger partial charge in [0.05, 0.1) is 4.90 Å². The van der Waals surface area contributed by atoms with Crippen LogP contribution in [0, 0.1) is 13.8 Å². The summed E-state index contributed by atoms with van der Waals surface area (Å²) in [5.74, 6) is -0.690. The van der Waals surface area contributed by atoms with Crippen LogP contribution in [-0.2, 0) is 16.4 Å². The lowest BCUT2D eigenvalue weighted by molar-refractivity contribution is 0.0981. The highest BCUT2D eigenvalue weighted by atomic mass is 35.5. The molecule has 0 saturated carbocycles. The Kier molecular flexibility index (Phi) is 6.03. The summed E-state index contributed by atoms with van der Waals surface area (Å²) >= 11 is 12.4. The lowest BCUT2D eigenvalue weighted by Crippen LogP contribution is -2.31. The highest BCUT2D eigenvalue weighted by molar-refractivity contribution is 7.90. The third kappa shape index (κ3) is 4.39. The largest absolute Gasteiger partial charge is 0.358 e. The van der Waals surface area contributed by atoms with Crippen LogP contribution in [0.5, 0.6) is 0 Å². The summed E-state index contributed by atoms with van der Waals surface area (Å²) in [4.78, 5) is 16.2. The molecular formula is C24H20Cl2N2O3S. The summed E-state index contributed by atoms with van der Waals surface area (Å²) < 4.78 is 27.6. The number of aromatic amines is 1. The molecule has 4 rings (SSSR count). The average Bonchev–Trinajstić information content (AvgIpc) is 3.04. The Morgan fingerprint density at radius 1 is 1.00 bits per heavy atom. The number of aromatic nitrogens is 1. The average molecular weight is 487 g/mol. The van der Waals surface area contributed by atoms with Crippen LogP contribution < -0.4 is 4.72 Å². The van der Waals surface area contributed by atoms with Crippen molar-refractivity contribution in [2.45, 2.75) is 25.2 Å². The predicted octanol–water partition coefficient (Wildman–Crippen LogP) is 5.80. The van der Waals surface area contributed by atoms with Gasteiger partial charge in [-0.1, -0.05) is 47.5 Å². The Labute approximate surface area is 196 Å². The van der Waals surface area contributed by atoms with Crippen LogP contribution in [0.2, 0.25) is 10.0 Å². The van der Waals surface area contributed by atoms with Gasteiger partial charge in [-0.05, 0) is 66.9 Å². The topological polar surface area (TPSA) is 79.0 Å². The third-order valence-corrected chi connectivity index (χ3v) is 7.45. The van der Waals surface area contributed by atoms with Crippen LogP contribution in [0.25, 0.3) is 10.9 Å². The van der Waals surface area contributed by atoms with Crippen LogP contribution in [0.15, 0.2) is 65.6 Å². The van der Waals surface area contributed by atoms with E-state index < -0.39 is 15.9 Å². The van der Waals surface area contributed by atoms with Crippen molar-refractivity contribution in [2.75, 3.05) is 0 Å². The van der Waals surface area contributed by atoms with Crippen molar-refractivity contribution in [2.24, 2.45) is 0 Å². The Balaban J connectivity index is 1.68. The maximum Gasteiger partial charge on any atom is 0.265 e. The number of halogens is 2. The van der Waals surface area contributed by atoms with Crippen molar-refractivity contribution in [3.05, 3.63) is 98.7 Å². The standard InChI is InChI=1S/C24H20Cl2N2O3S/c1-14-5-3-4-6-23(14)32(30,31)28-24(29)17-8-10-22-20(12-17)19(15(2)27-22)11-16-7-9-18(25)13-21(16)26/h3-10,12-13,27H,11H2,1-2H3,(H,28,29). The minimum absolute atomic E-state index is 0.0741. The summed E-state index contributed by atoms with van der Waals surface area (Å²) in [5, 5.41) is 1.95. The Morgan fingerprint density at radius 2 is 1.75 bits per heavy atom. The number of amides is 1. The minimum atomic E-state index is -3.99. The molecule has 0 radical (unpaired) electrons. The van der Waals surface area contributed by atoms with Crippen molar-refractivity contribution in [1.29, 1.82) is 0 Å². The first-order chi connectivity index (χ1) is 15.2. The van der Waals surface area contributed by atoms with Crippen molar-refractivity contribution in [3.63, 3.8) is 0 Å². The zero-order valence-electron chi connectivity index (χ0n) is 17.4. The molecule has 0 atom stereocenters. The second-order valence-corrected chi connectivity index (χ2v) is 10.1. The van der Waals surface area contributed by atoms with Gasteiger partial charge in [0.2, 0.25) is 0 Å². The predicted molar refractivity (Wildman–Crippen MR) is 128 cm³/mol. The zero-order chi connectivity index (χ0) is 23.0. The number of benzene rings is 3. The summed E-state index contributed by atoms with van der Waals surface area (Å²) in [6.07, 6.45) is 0.536. The lowest BCUT2D eigenvalue weighted by atomic mass is 10.0. The lowest BCUT2D eigenvalue weighted by Gasteiger charge is -2.10. The fourth-order valence-electron chi connectivity index (χ4n) is 3.70. The normalized spacial score (nSPS) is 11.6. The second-order valence-electron chi connectivity index (χ2n) is 7.60. The fraction of sp³-hybridized carbons (Fsp3) is 0.125. The minimum Gasteiger partial charge on any atom is -0.358 e. The smallest absolute Gasteiger partial charge is 0.265 e. The number of carbonyl (C=O) groups excluding carboxylic acids is 1. The molecule has 0 unspecified atom stereocenters. The van der Waals surface area contributed by atoms with E-state index >= 15 is 0 Å². The van der Waals surface area contributed by atoms with Crippen molar-refractivity contribution in [3.8, 4) is 0 Å². The van der Waals surface area contributed by atoms with E-state index in [0.717, 1.165) is 27.7 Å². The molecule has 1 amide bonds. The van der Waals surface area contributed by atoms with Crippen molar-refractivity contribution >= 4 is 50.0 Å². The van der Waals surface area contributed by atoms with E-state index in [9.17, 15) is 13.2 Å². The molecule has 0 bridgehead atoms. The molecule has 164 valence electrons. The van der Waals surface area contributed by atoms with Gasteiger partial charge in [-0.15, -0.1) is 0 Å². The summed E-state index contributed by atoms with van der Waals surface area (Å²) in [6, 6.07) is 16.9. The molecule has 1 aromatic heterocycles. The van der Waals surface area contributed by atoms with Gasteiger partial charge in [0, 0.05) is 38.6 Å². The molecule has 8 heteroatoms. The number of hydrogen-bond donors (Lipinski definition) is 2. The number of carbonyl (C=O) groups is 1. The van der Waals surface area contributed by atoms with E-state index in [1.54, 1.807) is 55.5 Å². The van der Waals surface area contributed by atoms with Gasteiger partial charge in [0.25, 0.3) is 15.9 Å². The number of aryl methyl sites for hydroxylation is 2. The summed E-state index contributed by atoms with van der Waals surface area (Å²) in [5.41, 5.74) is 4.47. The van der Waals surface area contributed by atoms with Crippen LogP contribution in [0.3, 0.4) is 0 Å². The zero-order valence-corrected chi connectivity index (χ0v) is 19.7. The highest BCUT2D eigenvalue weighted by Gasteiger charge is 2.21. The van der Waals surface area contributed by atoms with E-state index in [1.807, 2.05) is 13.0 Å². The van der Waals surface area contributed by atoms with Gasteiger partial charge in [-0.25, -0.2) is 13.1 Å². The Hall–Kier alpha value is -2.80. The van der Waals surface area contributed by atoms with Crippen LogP contribution in [0.4, 0.5) is 0 Å². The monoisotopic (exact) mass is 486 g/mol. The molecule has 0 aliphatic heterocycles. The molecule has 0 fully saturated rings. The van der Waals surface area contributed by atoms with Gasteiger partial charge in [0.15, 0.2) is 0 Å². The molecule has 0 spiro atoms. The Bertz CT molecular complexity index is 1460. The molecule has 2 N–H and O–H groups in total. The van der Waals surface area contributed by atoms with Crippen molar-refractivity contribution < 1.29 is 13.2 Å². The third-order valence-electron chi connectivity index (χ3n) is 5.37. The first-order valence-electron chi connectivity index (χ1n) is 9.83. The second kappa shape index (κ2) is 8.62. The van der Waals surface area contributed by atoms with Gasteiger partial charge >= 0.3 is 0 Å². The SMILES string of the molecule is Cc1ccccc1S(=O)(=O)NC(=O)c1ccc2[nH]c(C)c(Cc3ccc(Cl)cc3Cl)c2c1. The quantitative estimate of drug-likeness (QED) is 0.374. The number of H-pyrrole nitrogens is 1. The molecule has 1 heterocycles. The first kappa shape index (κ1) is 22.4. The van der Waals surface area contributed by atoms with Crippen molar-refractivity contribution in [1.82, 2.24) is 9.71 Å². The molecule has 3 aromatic carbocycles. The van der Waals surface area contributed by atoms with Gasteiger partial charge in [0.1, 0.15) is 0 Å². The molecule has 0 aliphatic carbocycles. The van der Waals surface area contributed by atoms with E-state index in [0.29, 0.717) is 22.0 Å². The maximum absolute atomic E-state index is 12.8. The van der Waals surface area contributed by atoms with E-state index in [1.165, 1.54) is 6.07 Å². The number of sulfonamides is 1. The number of fused-ring (bicyclic) bond motifs is 1. The van der Waals surface area contributed by atoms with Gasteiger partial charge in [-0.3, -0.25) is 4.79 Å². The van der Waals surface area contributed by atoms with E-state index in [-0.39, 0.29) is 10.5 Å². The molecule has 32 heavy (non-hydrogen) atoms. The van der Waals surface area contributed by atoms with E-state index in [4.69, 9.17) is 23.2 Å². The maximum atomic E-state index is 12.8. The summed E-state index contributed by atoms with van der Waals surface area (Å²) in [6.45, 7) is 3.63. The van der Waals surface area contributed by atoms with Gasteiger partial charge < -0.3 is 4.98 Å². The molecular weight excluding hydrogens is 467 g/mol. The number of hydrogen-bond acceptors (Lipinski definition) is 3. The molecule has 4 aromatic rings. The Morgan fingerprint density at radius 3 is 2.47 bits per heavy atom. The first-order valence-corrected chi connectivity index (χ1v) is 12.1. The van der Waals surface area contributed by atoms with Gasteiger partial charge in [-0.2, -0.15) is 0 Å². The van der Waals surface area contributed by atoms with E-state index in [2.05, 4.69) is 9.71 Å². The number of nitrogens with one attached hydrogen (secondary N) is 2. The highest BCUT2D eigenvalue weighted by Crippen LogP contribution is 2.29. The van der Waals surface area contributed by atoms with Crippen LogP contribution in [0.1, 0.15) is 32.7 Å². The molecule has 5 nitrogen and oxygen atoms in total. The number of rotatable bonds is 5. The fourth-order valence-corrected chi connectivity index (χ4v) is 5.40. The van der Waals surface area contributed by atoms with Crippen LogP contribution >= 0.6 is 23.2 Å².